The van der Waals surface area contributed by atoms with E-state index in [1.807, 2.05) is 6.92 Å². The van der Waals surface area contributed by atoms with Crippen LogP contribution < -0.4 is 0 Å². The fraction of sp³-hybridized carbons (Fsp3) is 0.833. The van der Waals surface area contributed by atoms with Gasteiger partial charge in [0, 0.05) is 13.0 Å². The van der Waals surface area contributed by atoms with Crippen LogP contribution in [0.2, 0.25) is 0 Å². The quantitative estimate of drug-likeness (QED) is 0.402. The molecule has 0 bridgehead atoms. The maximum atomic E-state index is 12.3. The first-order chi connectivity index (χ1) is 11.5. The van der Waals surface area contributed by atoms with Crippen LogP contribution in [0.15, 0.2) is 12.5 Å². The summed E-state index contributed by atoms with van der Waals surface area (Å²) in [6.45, 7) is 12.0. The van der Waals surface area contributed by atoms with Gasteiger partial charge in [-0.15, -0.1) is 0 Å². The van der Waals surface area contributed by atoms with Gasteiger partial charge < -0.3 is 24.0 Å². The topological polar surface area (TPSA) is 51.2 Å². The van der Waals surface area contributed by atoms with E-state index >= 15 is 0 Å². The molecule has 6 nitrogen and oxygen atoms in total. The smallest absolute Gasteiger partial charge is 0.312 e. The van der Waals surface area contributed by atoms with E-state index in [0.29, 0.717) is 12.6 Å². The molecular formula is C18H32N2O4. The maximum Gasteiger partial charge on any atom is 0.312 e. The fourth-order valence-corrected chi connectivity index (χ4v) is 3.52. The van der Waals surface area contributed by atoms with Gasteiger partial charge in [0.05, 0.1) is 12.5 Å². The van der Waals surface area contributed by atoms with Gasteiger partial charge in [-0.05, 0) is 72.4 Å². The number of likely N-dealkylation sites (tertiary alicyclic amines) is 2. The molecule has 1 unspecified atom stereocenters. The summed E-state index contributed by atoms with van der Waals surface area (Å²) in [6, 6.07) is 0.676. The first kappa shape index (κ1) is 19.1. The van der Waals surface area contributed by atoms with Crippen molar-refractivity contribution in [3.05, 3.63) is 12.5 Å². The summed E-state index contributed by atoms with van der Waals surface area (Å²) in [4.78, 5) is 17.2. The summed E-state index contributed by atoms with van der Waals surface area (Å²) < 4.78 is 15.8. The van der Waals surface area contributed by atoms with E-state index in [1.54, 1.807) is 6.92 Å². The van der Waals surface area contributed by atoms with Gasteiger partial charge in [0.25, 0.3) is 5.95 Å². The zero-order chi connectivity index (χ0) is 17.5. The summed E-state index contributed by atoms with van der Waals surface area (Å²) in [6.07, 6.45) is 3.53. The standard InChI is InChI=1S/C18H32N2O4/c1-5-22-14(2)23-15(3)24-18(21)16-6-12-20(13-7-16)17-8-10-19(4)11-9-17/h15-17H,2,5-13H2,1,3-4H3. The molecule has 2 fully saturated rings. The van der Waals surface area contributed by atoms with E-state index in [9.17, 15) is 4.79 Å². The summed E-state index contributed by atoms with van der Waals surface area (Å²) in [5.74, 6) is -0.0105. The predicted octanol–water partition coefficient (Wildman–Crippen LogP) is 2.21. The Kier molecular flexibility index (Phi) is 7.37. The number of piperidine rings is 2. The second-order valence-electron chi connectivity index (χ2n) is 6.77. The predicted molar refractivity (Wildman–Crippen MR) is 92.2 cm³/mol. The molecule has 2 rings (SSSR count). The minimum atomic E-state index is -0.663. The summed E-state index contributed by atoms with van der Waals surface area (Å²) in [5, 5.41) is 0. The number of hydrogen-bond donors (Lipinski definition) is 0. The first-order valence-corrected chi connectivity index (χ1v) is 9.11. The van der Waals surface area contributed by atoms with E-state index in [4.69, 9.17) is 14.2 Å². The normalized spacial score (nSPS) is 22.8. The van der Waals surface area contributed by atoms with Crippen LogP contribution in [0.4, 0.5) is 0 Å². The lowest BCUT2D eigenvalue weighted by Crippen LogP contribution is -2.47. The van der Waals surface area contributed by atoms with Crippen LogP contribution in [-0.4, -0.2) is 67.9 Å². The SMILES string of the molecule is C=C(OCC)OC(C)OC(=O)C1CCN(C2CCN(C)CC2)CC1. The molecule has 0 aliphatic carbocycles. The molecule has 2 saturated heterocycles. The molecule has 138 valence electrons. The second kappa shape index (κ2) is 9.28. The fourth-order valence-electron chi connectivity index (χ4n) is 3.52. The van der Waals surface area contributed by atoms with Gasteiger partial charge in [-0.1, -0.05) is 0 Å². The van der Waals surface area contributed by atoms with Gasteiger partial charge in [-0.3, -0.25) is 4.79 Å². The lowest BCUT2D eigenvalue weighted by molar-refractivity contribution is -0.182. The Labute approximate surface area is 145 Å². The van der Waals surface area contributed by atoms with Crippen molar-refractivity contribution in [1.82, 2.24) is 9.80 Å². The van der Waals surface area contributed by atoms with Crippen molar-refractivity contribution in [2.45, 2.75) is 51.9 Å². The zero-order valence-electron chi connectivity index (χ0n) is 15.3. The van der Waals surface area contributed by atoms with Crippen molar-refractivity contribution < 1.29 is 19.0 Å². The van der Waals surface area contributed by atoms with Crippen LogP contribution in [0.1, 0.15) is 39.5 Å². The molecule has 2 aliphatic rings. The van der Waals surface area contributed by atoms with E-state index in [-0.39, 0.29) is 17.8 Å². The molecule has 2 heterocycles. The monoisotopic (exact) mass is 340 g/mol. The Morgan fingerprint density at radius 1 is 1.12 bits per heavy atom. The number of rotatable bonds is 7. The lowest BCUT2D eigenvalue weighted by atomic mass is 9.93. The van der Waals surface area contributed by atoms with Gasteiger partial charge in [0.1, 0.15) is 0 Å². The van der Waals surface area contributed by atoms with Crippen LogP contribution >= 0.6 is 0 Å². The Bertz CT molecular complexity index is 413. The minimum absolute atomic E-state index is 0.0288. The van der Waals surface area contributed by atoms with Gasteiger partial charge >= 0.3 is 5.97 Å². The first-order valence-electron chi connectivity index (χ1n) is 9.11. The number of nitrogens with zero attached hydrogens (tertiary/aromatic N) is 2. The maximum absolute atomic E-state index is 12.3. The Hall–Kier alpha value is -1.27. The van der Waals surface area contributed by atoms with Gasteiger partial charge in [-0.2, -0.15) is 0 Å². The molecule has 0 spiro atoms. The summed E-state index contributed by atoms with van der Waals surface area (Å²) in [5.41, 5.74) is 0. The molecule has 1 atom stereocenters. The minimum Gasteiger partial charge on any atom is -0.466 e. The highest BCUT2D eigenvalue weighted by atomic mass is 16.8. The average molecular weight is 340 g/mol. The largest absolute Gasteiger partial charge is 0.466 e. The van der Waals surface area contributed by atoms with Crippen molar-refractivity contribution in [1.29, 1.82) is 0 Å². The zero-order valence-corrected chi connectivity index (χ0v) is 15.3. The third-order valence-electron chi connectivity index (χ3n) is 4.95. The summed E-state index contributed by atoms with van der Waals surface area (Å²) in [7, 11) is 2.18. The van der Waals surface area contributed by atoms with Crippen molar-refractivity contribution in [3.8, 4) is 0 Å². The van der Waals surface area contributed by atoms with Gasteiger partial charge in [-0.25, -0.2) is 0 Å². The molecule has 24 heavy (non-hydrogen) atoms. The molecule has 0 aromatic rings. The van der Waals surface area contributed by atoms with E-state index in [0.717, 1.165) is 25.9 Å². The van der Waals surface area contributed by atoms with Crippen molar-refractivity contribution >= 4 is 5.97 Å². The van der Waals surface area contributed by atoms with Crippen LogP contribution in [0.3, 0.4) is 0 Å². The lowest BCUT2D eigenvalue weighted by Gasteiger charge is -2.40. The number of carbonyl (C=O) groups excluding carboxylic acids is 1. The number of hydrogen-bond acceptors (Lipinski definition) is 6. The molecule has 0 aromatic carbocycles. The second-order valence-corrected chi connectivity index (χ2v) is 6.77. The highest BCUT2D eigenvalue weighted by Gasteiger charge is 2.31. The Morgan fingerprint density at radius 3 is 2.33 bits per heavy atom. The number of ether oxygens (including phenoxy) is 3. The van der Waals surface area contributed by atoms with Crippen molar-refractivity contribution in [2.24, 2.45) is 5.92 Å². The van der Waals surface area contributed by atoms with Crippen molar-refractivity contribution in [2.75, 3.05) is 39.8 Å². The molecule has 6 heteroatoms. The highest BCUT2D eigenvalue weighted by Crippen LogP contribution is 2.24. The van der Waals surface area contributed by atoms with Crippen LogP contribution in [0.25, 0.3) is 0 Å². The van der Waals surface area contributed by atoms with E-state index < -0.39 is 6.29 Å². The average Bonchev–Trinajstić information content (AvgIpc) is 2.55. The molecule has 0 aromatic heterocycles. The van der Waals surface area contributed by atoms with Crippen LogP contribution in [0, 0.1) is 5.92 Å². The van der Waals surface area contributed by atoms with E-state index in [2.05, 4.69) is 23.4 Å². The molecule has 0 saturated carbocycles. The third kappa shape index (κ3) is 5.67. The van der Waals surface area contributed by atoms with Crippen LogP contribution in [-0.2, 0) is 19.0 Å². The van der Waals surface area contributed by atoms with Crippen LogP contribution in [0.5, 0.6) is 0 Å². The van der Waals surface area contributed by atoms with Crippen molar-refractivity contribution in [3.63, 3.8) is 0 Å². The Balaban J connectivity index is 1.69. The molecule has 2 aliphatic heterocycles. The molecule has 0 radical (unpaired) electrons. The highest BCUT2D eigenvalue weighted by molar-refractivity contribution is 5.72. The van der Waals surface area contributed by atoms with Gasteiger partial charge in [0.2, 0.25) is 6.29 Å². The molecule has 0 amide bonds. The van der Waals surface area contributed by atoms with E-state index in [1.165, 1.54) is 25.9 Å². The van der Waals surface area contributed by atoms with Gasteiger partial charge in [0.15, 0.2) is 0 Å². The third-order valence-corrected chi connectivity index (χ3v) is 4.95. The summed E-state index contributed by atoms with van der Waals surface area (Å²) >= 11 is 0. The molecular weight excluding hydrogens is 308 g/mol. The number of carbonyl (C=O) groups is 1. The molecule has 0 N–H and O–H groups in total. The Morgan fingerprint density at radius 2 is 1.75 bits per heavy atom. The number of esters is 1.